The van der Waals surface area contributed by atoms with Crippen molar-refractivity contribution >= 4 is 12.4 Å². The van der Waals surface area contributed by atoms with E-state index in [1.54, 1.807) is 12.1 Å². The summed E-state index contributed by atoms with van der Waals surface area (Å²) in [6, 6.07) is 9.16. The summed E-state index contributed by atoms with van der Waals surface area (Å²) in [7, 11) is 0. The van der Waals surface area contributed by atoms with E-state index < -0.39 is 0 Å². The molecule has 0 amide bonds. The van der Waals surface area contributed by atoms with E-state index >= 15 is 0 Å². The molecule has 2 nitrogen and oxygen atoms in total. The van der Waals surface area contributed by atoms with Crippen molar-refractivity contribution in [1.29, 1.82) is 0 Å². The predicted octanol–water partition coefficient (Wildman–Crippen LogP) is 1.78. The fraction of sp³-hybridized carbons (Fsp3) is 0. The molecule has 0 saturated heterocycles. The first kappa shape index (κ1) is 10.9. The van der Waals surface area contributed by atoms with E-state index in [-0.39, 0.29) is 22.8 Å². The van der Waals surface area contributed by atoms with Gasteiger partial charge in [0, 0.05) is 17.1 Å². The number of carbonyl (C=O) groups is 1. The number of rotatable bonds is 2. The van der Waals surface area contributed by atoms with Crippen LogP contribution in [0.25, 0.3) is 6.08 Å². The second-order valence-corrected chi connectivity index (χ2v) is 2.10. The molecule has 3 heteroatoms. The molecule has 67 valence electrons. The second-order valence-electron chi connectivity index (χ2n) is 2.10. The summed E-state index contributed by atoms with van der Waals surface area (Å²) in [6.45, 7) is 0. The van der Waals surface area contributed by atoms with E-state index in [9.17, 15) is 4.79 Å². The number of allylic oxidation sites excluding steroid dienone is 1. The van der Waals surface area contributed by atoms with Crippen LogP contribution in [0.2, 0.25) is 0 Å². The van der Waals surface area contributed by atoms with Gasteiger partial charge in [-0.15, -0.1) is 0 Å². The molecule has 0 bridgehead atoms. The Morgan fingerprint density at radius 3 is 2.33 bits per heavy atom. The van der Waals surface area contributed by atoms with Gasteiger partial charge in [0.2, 0.25) is 0 Å². The molecular formula is C9H8CuO2. The van der Waals surface area contributed by atoms with Crippen molar-refractivity contribution in [2.24, 2.45) is 0 Å². The van der Waals surface area contributed by atoms with Gasteiger partial charge in [-0.25, -0.2) is 0 Å². The Labute approximate surface area is 81.4 Å². The molecule has 0 heterocycles. The summed E-state index contributed by atoms with van der Waals surface area (Å²) < 4.78 is 0. The van der Waals surface area contributed by atoms with Crippen LogP contribution >= 0.6 is 0 Å². The predicted molar refractivity (Wildman–Crippen MR) is 43.1 cm³/mol. The van der Waals surface area contributed by atoms with E-state index in [4.69, 9.17) is 5.11 Å². The molecule has 0 fully saturated rings. The Hall–Kier alpha value is -1.05. The summed E-state index contributed by atoms with van der Waals surface area (Å²) in [5.74, 6) is -0.254. The molecule has 1 N–H and O–H groups in total. The number of hydrogen-bond donors (Lipinski definition) is 1. The van der Waals surface area contributed by atoms with Gasteiger partial charge in [-0.05, 0) is 11.6 Å². The Balaban J connectivity index is 0.00000121. The van der Waals surface area contributed by atoms with E-state index in [0.29, 0.717) is 6.29 Å². The van der Waals surface area contributed by atoms with E-state index in [1.807, 2.05) is 18.2 Å². The maximum atomic E-state index is 9.99. The monoisotopic (exact) mass is 211 g/mol. The number of carbonyl (C=O) groups excluding carboxylic acids is 1. The fourth-order valence-electron chi connectivity index (χ4n) is 0.754. The zero-order valence-corrected chi connectivity index (χ0v) is 7.14. The SMILES string of the molecule is O=C/C(O)=C/c1ccccc1.[Cu]. The third-order valence-electron chi connectivity index (χ3n) is 1.23. The molecule has 1 aromatic carbocycles. The van der Waals surface area contributed by atoms with Crippen molar-refractivity contribution in [2.75, 3.05) is 0 Å². The van der Waals surface area contributed by atoms with Gasteiger partial charge in [0.05, 0.1) is 0 Å². The molecule has 1 rings (SSSR count). The van der Waals surface area contributed by atoms with Gasteiger partial charge in [-0.2, -0.15) is 0 Å². The molecule has 0 aromatic heterocycles. The minimum atomic E-state index is -0.254. The normalized spacial score (nSPS) is 10.2. The maximum Gasteiger partial charge on any atom is 0.184 e. The number of aldehydes is 1. The van der Waals surface area contributed by atoms with Crippen LogP contribution in [0.4, 0.5) is 0 Å². The van der Waals surface area contributed by atoms with Crippen LogP contribution in [0, 0.1) is 0 Å². The van der Waals surface area contributed by atoms with Crippen LogP contribution in [0.1, 0.15) is 5.56 Å². The minimum Gasteiger partial charge on any atom is -0.505 e. The van der Waals surface area contributed by atoms with Crippen molar-refractivity contribution in [1.82, 2.24) is 0 Å². The Bertz CT molecular complexity index is 267. The van der Waals surface area contributed by atoms with Crippen LogP contribution in [0.3, 0.4) is 0 Å². The van der Waals surface area contributed by atoms with Crippen molar-refractivity contribution < 1.29 is 27.0 Å². The zero-order chi connectivity index (χ0) is 8.10. The van der Waals surface area contributed by atoms with Gasteiger partial charge in [0.15, 0.2) is 12.0 Å². The molecule has 0 aliphatic carbocycles. The third kappa shape index (κ3) is 3.37. The van der Waals surface area contributed by atoms with Gasteiger partial charge in [-0.1, -0.05) is 30.3 Å². The van der Waals surface area contributed by atoms with Crippen LogP contribution in [-0.2, 0) is 21.9 Å². The van der Waals surface area contributed by atoms with Crippen LogP contribution in [0.15, 0.2) is 36.1 Å². The van der Waals surface area contributed by atoms with Crippen molar-refractivity contribution in [3.63, 3.8) is 0 Å². The first-order valence-electron chi connectivity index (χ1n) is 3.24. The van der Waals surface area contributed by atoms with Crippen LogP contribution in [0.5, 0.6) is 0 Å². The van der Waals surface area contributed by atoms with Crippen molar-refractivity contribution in [3.05, 3.63) is 41.7 Å². The topological polar surface area (TPSA) is 37.3 Å². The van der Waals surface area contributed by atoms with Gasteiger partial charge in [-0.3, -0.25) is 4.79 Å². The zero-order valence-electron chi connectivity index (χ0n) is 6.20. The molecule has 0 aliphatic rings. The Morgan fingerprint density at radius 2 is 1.83 bits per heavy atom. The number of benzene rings is 1. The largest absolute Gasteiger partial charge is 0.505 e. The third-order valence-corrected chi connectivity index (χ3v) is 1.23. The molecular weight excluding hydrogens is 204 g/mol. The van der Waals surface area contributed by atoms with Crippen LogP contribution < -0.4 is 0 Å². The molecule has 0 aliphatic heterocycles. The van der Waals surface area contributed by atoms with E-state index in [1.165, 1.54) is 6.08 Å². The average Bonchev–Trinajstić information content (AvgIpc) is 2.06. The van der Waals surface area contributed by atoms with Gasteiger partial charge in [0.1, 0.15) is 0 Å². The summed E-state index contributed by atoms with van der Waals surface area (Å²) in [6.07, 6.45) is 1.82. The van der Waals surface area contributed by atoms with E-state index in [2.05, 4.69) is 0 Å². The summed E-state index contributed by atoms with van der Waals surface area (Å²) in [4.78, 5) is 9.99. The standard InChI is InChI=1S/C9H8O2.Cu/c10-7-9(11)6-8-4-2-1-3-5-8;/h1-7,11H;/b9-6-;. The van der Waals surface area contributed by atoms with E-state index in [0.717, 1.165) is 5.56 Å². The Kier molecular flexibility index (Phi) is 5.09. The van der Waals surface area contributed by atoms with Gasteiger partial charge in [0.25, 0.3) is 0 Å². The number of hydrogen-bond acceptors (Lipinski definition) is 2. The Morgan fingerprint density at radius 1 is 1.25 bits per heavy atom. The summed E-state index contributed by atoms with van der Waals surface area (Å²) in [5, 5.41) is 8.80. The minimum absolute atomic E-state index is 0. The maximum absolute atomic E-state index is 9.99. The molecule has 0 atom stereocenters. The molecule has 12 heavy (non-hydrogen) atoms. The number of aliphatic hydroxyl groups excluding tert-OH is 1. The fourth-order valence-corrected chi connectivity index (χ4v) is 0.754. The second kappa shape index (κ2) is 5.58. The molecule has 0 unspecified atom stereocenters. The quantitative estimate of drug-likeness (QED) is 0.351. The molecule has 0 saturated carbocycles. The first-order chi connectivity index (χ1) is 5.33. The first-order valence-corrected chi connectivity index (χ1v) is 3.24. The van der Waals surface area contributed by atoms with Gasteiger partial charge >= 0.3 is 0 Å². The van der Waals surface area contributed by atoms with Crippen LogP contribution in [-0.4, -0.2) is 11.4 Å². The average molecular weight is 212 g/mol. The smallest absolute Gasteiger partial charge is 0.184 e. The molecule has 0 spiro atoms. The molecule has 1 aromatic rings. The van der Waals surface area contributed by atoms with Gasteiger partial charge < -0.3 is 5.11 Å². The van der Waals surface area contributed by atoms with Crippen molar-refractivity contribution in [3.8, 4) is 0 Å². The summed E-state index contributed by atoms with van der Waals surface area (Å²) >= 11 is 0. The molecule has 1 radical (unpaired) electrons. The van der Waals surface area contributed by atoms with Crippen molar-refractivity contribution in [2.45, 2.75) is 0 Å². The number of aliphatic hydroxyl groups is 1. The summed E-state index contributed by atoms with van der Waals surface area (Å²) in [5.41, 5.74) is 0.817.